The Bertz CT molecular complexity index is 885. The average molecular weight is 404 g/mol. The minimum Gasteiger partial charge on any atom is -0.349 e. The molecule has 150 valence electrons. The van der Waals surface area contributed by atoms with E-state index in [2.05, 4.69) is 20.9 Å². The van der Waals surface area contributed by atoms with Gasteiger partial charge < -0.3 is 15.2 Å². The van der Waals surface area contributed by atoms with Gasteiger partial charge in [-0.2, -0.15) is 0 Å². The van der Waals surface area contributed by atoms with E-state index in [9.17, 15) is 9.59 Å². The molecule has 0 aliphatic heterocycles. The van der Waals surface area contributed by atoms with Gasteiger partial charge in [-0.15, -0.1) is 0 Å². The summed E-state index contributed by atoms with van der Waals surface area (Å²) in [6.45, 7) is 8.85. The Kier molecular flexibility index (Phi) is 7.63. The number of aryl methyl sites for hydroxylation is 1. The minimum absolute atomic E-state index is 0.254. The van der Waals surface area contributed by atoms with E-state index in [4.69, 9.17) is 11.6 Å². The van der Waals surface area contributed by atoms with Gasteiger partial charge in [-0.3, -0.25) is 10.1 Å². The van der Waals surface area contributed by atoms with E-state index < -0.39 is 6.03 Å². The predicted octanol–water partition coefficient (Wildman–Crippen LogP) is 4.59. The highest BCUT2D eigenvalue weighted by molar-refractivity contribution is 6.30. The van der Waals surface area contributed by atoms with Gasteiger partial charge in [-0.1, -0.05) is 30.2 Å². The van der Waals surface area contributed by atoms with Crippen molar-refractivity contribution in [3.05, 3.63) is 52.5 Å². The number of hydrogen-bond acceptors (Lipinski definition) is 3. The van der Waals surface area contributed by atoms with E-state index in [1.807, 2.05) is 33.8 Å². The van der Waals surface area contributed by atoms with Crippen LogP contribution in [-0.4, -0.2) is 28.0 Å². The molecular formula is C20H26ClN5O2. The highest BCUT2D eigenvalue weighted by Crippen LogP contribution is 2.20. The lowest BCUT2D eigenvalue weighted by molar-refractivity contribution is 0.0939. The van der Waals surface area contributed by atoms with Crippen LogP contribution >= 0.6 is 11.6 Å². The Balaban J connectivity index is 2.16. The lowest BCUT2D eigenvalue weighted by Gasteiger charge is -2.08. The normalized spacial score (nSPS) is 10.3. The number of anilines is 2. The predicted molar refractivity (Wildman–Crippen MR) is 113 cm³/mol. The van der Waals surface area contributed by atoms with Crippen LogP contribution in [0.25, 0.3) is 0 Å². The number of carbonyl (C=O) groups is 2. The van der Waals surface area contributed by atoms with Gasteiger partial charge in [0.25, 0.3) is 5.91 Å². The van der Waals surface area contributed by atoms with E-state index in [-0.39, 0.29) is 11.7 Å². The topological polar surface area (TPSA) is 88.1 Å². The number of amides is 3. The monoisotopic (exact) mass is 403 g/mol. The molecule has 0 spiro atoms. The molecule has 1 heterocycles. The summed E-state index contributed by atoms with van der Waals surface area (Å²) in [5, 5.41) is 8.85. The second-order valence-corrected chi connectivity index (χ2v) is 7.11. The summed E-state index contributed by atoms with van der Waals surface area (Å²) < 4.78 is 1.71. The minimum atomic E-state index is -0.446. The third kappa shape index (κ3) is 6.13. The molecule has 0 saturated heterocycles. The van der Waals surface area contributed by atoms with Gasteiger partial charge in [0.05, 0.1) is 0 Å². The van der Waals surface area contributed by atoms with Crippen molar-refractivity contribution < 1.29 is 9.59 Å². The molecule has 3 amide bonds. The molecule has 28 heavy (non-hydrogen) atoms. The molecule has 1 aromatic heterocycles. The SMILES string of the molecule is CCCNC(=O)c1nc(NC(=O)Nc2ccc(Cl)cc2C)cn1CC=C(C)C. The van der Waals surface area contributed by atoms with Crippen molar-refractivity contribution in [1.29, 1.82) is 0 Å². The van der Waals surface area contributed by atoms with Gasteiger partial charge in [0, 0.05) is 30.0 Å². The lowest BCUT2D eigenvalue weighted by Crippen LogP contribution is -2.27. The zero-order valence-corrected chi connectivity index (χ0v) is 17.4. The maximum absolute atomic E-state index is 12.4. The van der Waals surface area contributed by atoms with Gasteiger partial charge in [0.15, 0.2) is 5.82 Å². The van der Waals surface area contributed by atoms with Gasteiger partial charge in [-0.25, -0.2) is 9.78 Å². The fraction of sp³-hybridized carbons (Fsp3) is 0.350. The first-order chi connectivity index (χ1) is 13.3. The smallest absolute Gasteiger partial charge is 0.324 e. The maximum atomic E-state index is 12.4. The third-order valence-electron chi connectivity index (χ3n) is 3.89. The van der Waals surface area contributed by atoms with Crippen molar-refractivity contribution in [2.24, 2.45) is 0 Å². The number of halogens is 1. The van der Waals surface area contributed by atoms with Gasteiger partial charge in [0.1, 0.15) is 0 Å². The Hall–Kier alpha value is -2.80. The van der Waals surface area contributed by atoms with Crippen LogP contribution in [0.4, 0.5) is 16.3 Å². The van der Waals surface area contributed by atoms with Crippen LogP contribution in [-0.2, 0) is 6.54 Å². The first-order valence-corrected chi connectivity index (χ1v) is 9.50. The summed E-state index contributed by atoms with van der Waals surface area (Å²) in [5.74, 6) is 0.280. The van der Waals surface area contributed by atoms with Crippen molar-refractivity contribution in [3.63, 3.8) is 0 Å². The lowest BCUT2D eigenvalue weighted by atomic mass is 10.2. The van der Waals surface area contributed by atoms with Gasteiger partial charge >= 0.3 is 6.03 Å². The van der Waals surface area contributed by atoms with E-state index in [1.54, 1.807) is 29.0 Å². The number of rotatable bonds is 7. The largest absolute Gasteiger partial charge is 0.349 e. The van der Waals surface area contributed by atoms with Crippen molar-refractivity contribution in [2.75, 3.05) is 17.2 Å². The summed E-state index contributed by atoms with van der Waals surface area (Å²) in [5.41, 5.74) is 2.61. The van der Waals surface area contributed by atoms with Crippen LogP contribution in [0.2, 0.25) is 5.02 Å². The number of hydrogen-bond donors (Lipinski definition) is 3. The summed E-state index contributed by atoms with van der Waals surface area (Å²) >= 11 is 5.94. The van der Waals surface area contributed by atoms with Gasteiger partial charge in [0.2, 0.25) is 5.82 Å². The standard InChI is InChI=1S/C20H26ClN5O2/c1-5-9-22-19(27)18-24-17(12-26(18)10-8-13(2)3)25-20(28)23-16-7-6-15(21)11-14(16)4/h6-8,11-12H,5,9-10H2,1-4H3,(H,22,27)(H2,23,25,28). The highest BCUT2D eigenvalue weighted by Gasteiger charge is 2.16. The molecule has 0 saturated carbocycles. The summed E-state index contributed by atoms with van der Waals surface area (Å²) in [7, 11) is 0. The van der Waals surface area contributed by atoms with Crippen LogP contribution in [0.3, 0.4) is 0 Å². The molecule has 2 aromatic rings. The molecule has 7 nitrogen and oxygen atoms in total. The molecule has 8 heteroatoms. The molecule has 2 rings (SSSR count). The Morgan fingerprint density at radius 2 is 2.00 bits per heavy atom. The van der Waals surface area contributed by atoms with E-state index >= 15 is 0 Å². The second kappa shape index (κ2) is 9.94. The van der Waals surface area contributed by atoms with Crippen molar-refractivity contribution in [1.82, 2.24) is 14.9 Å². The Labute approximate surface area is 170 Å². The van der Waals surface area contributed by atoms with E-state index in [0.29, 0.717) is 29.6 Å². The number of imidazole rings is 1. The Morgan fingerprint density at radius 1 is 1.25 bits per heavy atom. The van der Waals surface area contributed by atoms with Crippen LogP contribution in [0, 0.1) is 6.92 Å². The third-order valence-corrected chi connectivity index (χ3v) is 4.12. The fourth-order valence-corrected chi connectivity index (χ4v) is 2.66. The van der Waals surface area contributed by atoms with Crippen LogP contribution in [0.15, 0.2) is 36.0 Å². The molecule has 0 radical (unpaired) electrons. The number of nitrogens with one attached hydrogen (secondary N) is 3. The van der Waals surface area contributed by atoms with Crippen molar-refractivity contribution in [3.8, 4) is 0 Å². The van der Waals surface area contributed by atoms with Crippen LogP contribution in [0.5, 0.6) is 0 Å². The molecule has 0 aliphatic rings. The van der Waals surface area contributed by atoms with E-state index in [0.717, 1.165) is 17.6 Å². The number of nitrogens with zero attached hydrogens (tertiary/aromatic N) is 2. The summed E-state index contributed by atoms with van der Waals surface area (Å²) in [6, 6.07) is 4.75. The average Bonchev–Trinajstić information content (AvgIpc) is 3.03. The number of aromatic nitrogens is 2. The van der Waals surface area contributed by atoms with Crippen LogP contribution < -0.4 is 16.0 Å². The first-order valence-electron chi connectivity index (χ1n) is 9.13. The second-order valence-electron chi connectivity index (χ2n) is 6.68. The van der Waals surface area contributed by atoms with Crippen molar-refractivity contribution in [2.45, 2.75) is 40.7 Å². The first kappa shape index (κ1) is 21.5. The molecule has 0 fully saturated rings. The van der Waals surface area contributed by atoms with Crippen molar-refractivity contribution >= 4 is 35.0 Å². The summed E-state index contributed by atoms with van der Waals surface area (Å²) in [4.78, 5) is 29.0. The Morgan fingerprint density at radius 3 is 2.64 bits per heavy atom. The fourth-order valence-electron chi connectivity index (χ4n) is 2.43. The number of carbonyl (C=O) groups excluding carboxylic acids is 2. The van der Waals surface area contributed by atoms with Gasteiger partial charge in [-0.05, 0) is 51.0 Å². The molecule has 0 unspecified atom stereocenters. The van der Waals surface area contributed by atoms with E-state index in [1.165, 1.54) is 0 Å². The van der Waals surface area contributed by atoms with Crippen LogP contribution in [0.1, 0.15) is 43.4 Å². The molecular weight excluding hydrogens is 378 g/mol. The molecule has 0 atom stereocenters. The number of benzene rings is 1. The maximum Gasteiger partial charge on any atom is 0.324 e. The zero-order chi connectivity index (χ0) is 20.7. The molecule has 1 aromatic carbocycles. The molecule has 3 N–H and O–H groups in total. The summed E-state index contributed by atoms with van der Waals surface area (Å²) in [6.07, 6.45) is 4.46. The highest BCUT2D eigenvalue weighted by atomic mass is 35.5. The number of urea groups is 1. The molecule has 0 aliphatic carbocycles. The quantitative estimate of drug-likeness (QED) is 0.590. The zero-order valence-electron chi connectivity index (χ0n) is 16.6. The number of allylic oxidation sites excluding steroid dienone is 2. The molecule has 0 bridgehead atoms.